The second-order valence-corrected chi connectivity index (χ2v) is 7.41. The zero-order valence-corrected chi connectivity index (χ0v) is 17.4. The van der Waals surface area contributed by atoms with Gasteiger partial charge in [-0.25, -0.2) is 0 Å². The number of nitrogens with one attached hydrogen (secondary N) is 2. The molecule has 2 heterocycles. The van der Waals surface area contributed by atoms with Crippen molar-refractivity contribution >= 4 is 5.96 Å². The molecule has 2 aliphatic rings. The van der Waals surface area contributed by atoms with E-state index in [1.807, 2.05) is 24.3 Å². The van der Waals surface area contributed by atoms with E-state index in [1.54, 1.807) is 7.05 Å². The fraction of sp³-hybridized carbons (Fsp3) is 0.435. The zero-order valence-electron chi connectivity index (χ0n) is 17.4. The number of para-hydroxylation sites is 2. The Bertz CT molecular complexity index is 824. The standard InChI is InChI=1S/C23H30N4O3/c1-24-23(25-15-19-17-29-21-9-5-6-10-22(21)30-19)26-16-20(18-7-3-2-4-8-18)27-11-13-28-14-12-27/h2-10,19-20H,11-17H2,1H3,(H2,24,25,26). The number of aliphatic imine (C=N–C) groups is 1. The predicted molar refractivity (Wildman–Crippen MR) is 117 cm³/mol. The minimum atomic E-state index is -0.0670. The number of fused-ring (bicyclic) bond motifs is 1. The molecule has 0 aliphatic carbocycles. The van der Waals surface area contributed by atoms with Gasteiger partial charge in [0.05, 0.1) is 25.8 Å². The number of hydrogen-bond acceptors (Lipinski definition) is 5. The van der Waals surface area contributed by atoms with Gasteiger partial charge in [0.2, 0.25) is 0 Å². The largest absolute Gasteiger partial charge is 0.486 e. The molecule has 0 saturated carbocycles. The first kappa shape index (κ1) is 20.5. The van der Waals surface area contributed by atoms with Crippen LogP contribution in [0.4, 0.5) is 0 Å². The molecule has 0 amide bonds. The van der Waals surface area contributed by atoms with Crippen molar-refractivity contribution in [2.75, 3.05) is 53.0 Å². The minimum Gasteiger partial charge on any atom is -0.486 e. The van der Waals surface area contributed by atoms with Crippen molar-refractivity contribution in [1.29, 1.82) is 0 Å². The molecule has 0 spiro atoms. The quantitative estimate of drug-likeness (QED) is 0.561. The van der Waals surface area contributed by atoms with Gasteiger partial charge in [0, 0.05) is 26.7 Å². The van der Waals surface area contributed by atoms with Crippen LogP contribution in [0.1, 0.15) is 11.6 Å². The highest BCUT2D eigenvalue weighted by Crippen LogP contribution is 2.30. The molecule has 30 heavy (non-hydrogen) atoms. The summed E-state index contributed by atoms with van der Waals surface area (Å²) < 4.78 is 17.4. The van der Waals surface area contributed by atoms with Crippen molar-refractivity contribution in [2.45, 2.75) is 12.1 Å². The number of nitrogens with zero attached hydrogens (tertiary/aromatic N) is 2. The first-order chi connectivity index (χ1) is 14.8. The van der Waals surface area contributed by atoms with Crippen molar-refractivity contribution in [1.82, 2.24) is 15.5 Å². The second-order valence-electron chi connectivity index (χ2n) is 7.41. The summed E-state index contributed by atoms with van der Waals surface area (Å²) in [6.45, 7) is 5.30. The molecule has 2 aromatic rings. The first-order valence-corrected chi connectivity index (χ1v) is 10.5. The summed E-state index contributed by atoms with van der Waals surface area (Å²) in [5.41, 5.74) is 1.29. The van der Waals surface area contributed by atoms with Crippen LogP contribution < -0.4 is 20.1 Å². The highest BCUT2D eigenvalue weighted by atomic mass is 16.6. The molecule has 2 N–H and O–H groups in total. The van der Waals surface area contributed by atoms with Crippen LogP contribution in [0.3, 0.4) is 0 Å². The maximum Gasteiger partial charge on any atom is 0.191 e. The number of guanidine groups is 1. The van der Waals surface area contributed by atoms with Gasteiger partial charge in [0.25, 0.3) is 0 Å². The molecule has 0 radical (unpaired) electrons. The van der Waals surface area contributed by atoms with E-state index < -0.39 is 0 Å². The van der Waals surface area contributed by atoms with Gasteiger partial charge in [0.15, 0.2) is 17.5 Å². The normalized spacial score (nSPS) is 20.4. The fourth-order valence-corrected chi connectivity index (χ4v) is 3.81. The maximum atomic E-state index is 6.02. The Balaban J connectivity index is 1.32. The lowest BCUT2D eigenvalue weighted by Gasteiger charge is -2.35. The van der Waals surface area contributed by atoms with Crippen LogP contribution in [0.5, 0.6) is 11.5 Å². The van der Waals surface area contributed by atoms with Gasteiger partial charge in [-0.15, -0.1) is 0 Å². The van der Waals surface area contributed by atoms with E-state index in [9.17, 15) is 0 Å². The Kier molecular flexibility index (Phi) is 7.05. The van der Waals surface area contributed by atoms with Crippen molar-refractivity contribution in [2.24, 2.45) is 4.99 Å². The second kappa shape index (κ2) is 10.3. The van der Waals surface area contributed by atoms with Crippen LogP contribution in [-0.2, 0) is 4.74 Å². The van der Waals surface area contributed by atoms with Crippen molar-refractivity contribution < 1.29 is 14.2 Å². The van der Waals surface area contributed by atoms with E-state index in [-0.39, 0.29) is 12.1 Å². The lowest BCUT2D eigenvalue weighted by Crippen LogP contribution is -2.48. The van der Waals surface area contributed by atoms with Crippen LogP contribution in [0, 0.1) is 0 Å². The molecule has 2 unspecified atom stereocenters. The molecule has 1 saturated heterocycles. The zero-order chi connectivity index (χ0) is 20.6. The highest BCUT2D eigenvalue weighted by Gasteiger charge is 2.24. The molecule has 0 aromatic heterocycles. The Morgan fingerprint density at radius 3 is 2.53 bits per heavy atom. The third-order valence-electron chi connectivity index (χ3n) is 5.42. The van der Waals surface area contributed by atoms with Gasteiger partial charge in [-0.1, -0.05) is 42.5 Å². The highest BCUT2D eigenvalue weighted by molar-refractivity contribution is 5.79. The summed E-state index contributed by atoms with van der Waals surface area (Å²) in [6.07, 6.45) is -0.0670. The Labute approximate surface area is 178 Å². The van der Waals surface area contributed by atoms with Crippen LogP contribution >= 0.6 is 0 Å². The molecule has 2 atom stereocenters. The van der Waals surface area contributed by atoms with Gasteiger partial charge in [-0.05, 0) is 17.7 Å². The van der Waals surface area contributed by atoms with Gasteiger partial charge >= 0.3 is 0 Å². The molecule has 2 aliphatic heterocycles. The van der Waals surface area contributed by atoms with Gasteiger partial charge < -0.3 is 24.8 Å². The molecule has 1 fully saturated rings. The maximum absolute atomic E-state index is 6.02. The summed E-state index contributed by atoms with van der Waals surface area (Å²) in [5, 5.41) is 6.85. The van der Waals surface area contributed by atoms with Gasteiger partial charge in [-0.2, -0.15) is 0 Å². The third kappa shape index (κ3) is 5.23. The molecule has 4 rings (SSSR count). The summed E-state index contributed by atoms with van der Waals surface area (Å²) >= 11 is 0. The molecular formula is C23H30N4O3. The third-order valence-corrected chi connectivity index (χ3v) is 5.42. The van der Waals surface area contributed by atoms with Crippen LogP contribution in [0.2, 0.25) is 0 Å². The summed E-state index contributed by atoms with van der Waals surface area (Å²) in [4.78, 5) is 6.85. The predicted octanol–water partition coefficient (Wildman–Crippen LogP) is 2.06. The molecule has 2 aromatic carbocycles. The topological polar surface area (TPSA) is 67.4 Å². The van der Waals surface area contributed by atoms with E-state index in [4.69, 9.17) is 14.2 Å². The number of benzene rings is 2. The van der Waals surface area contributed by atoms with E-state index in [1.165, 1.54) is 5.56 Å². The van der Waals surface area contributed by atoms with Crippen LogP contribution in [0.25, 0.3) is 0 Å². The summed E-state index contributed by atoms with van der Waals surface area (Å²) in [6, 6.07) is 18.6. The monoisotopic (exact) mass is 410 g/mol. The number of rotatable bonds is 6. The Morgan fingerprint density at radius 1 is 1.03 bits per heavy atom. The van der Waals surface area contributed by atoms with Crippen molar-refractivity contribution in [3.05, 3.63) is 60.2 Å². The number of ether oxygens (including phenoxy) is 3. The Morgan fingerprint density at radius 2 is 1.77 bits per heavy atom. The van der Waals surface area contributed by atoms with Gasteiger partial charge in [-0.3, -0.25) is 9.89 Å². The molecule has 0 bridgehead atoms. The van der Waals surface area contributed by atoms with Gasteiger partial charge in [0.1, 0.15) is 12.7 Å². The van der Waals surface area contributed by atoms with Crippen LogP contribution in [-0.4, -0.2) is 70.0 Å². The van der Waals surface area contributed by atoms with E-state index in [2.05, 4.69) is 50.9 Å². The van der Waals surface area contributed by atoms with E-state index in [0.29, 0.717) is 13.2 Å². The Hall–Kier alpha value is -2.77. The van der Waals surface area contributed by atoms with Crippen molar-refractivity contribution in [3.8, 4) is 11.5 Å². The fourth-order valence-electron chi connectivity index (χ4n) is 3.81. The number of morpholine rings is 1. The summed E-state index contributed by atoms with van der Waals surface area (Å²) in [7, 11) is 1.79. The average Bonchev–Trinajstić information content (AvgIpc) is 2.82. The molecule has 160 valence electrons. The SMILES string of the molecule is CN=C(NCC1COc2ccccc2O1)NCC(c1ccccc1)N1CCOCC1. The lowest BCUT2D eigenvalue weighted by molar-refractivity contribution is 0.0170. The average molecular weight is 411 g/mol. The van der Waals surface area contributed by atoms with Crippen molar-refractivity contribution in [3.63, 3.8) is 0 Å². The summed E-state index contributed by atoms with van der Waals surface area (Å²) in [5.74, 6) is 2.34. The van der Waals surface area contributed by atoms with Crippen LogP contribution in [0.15, 0.2) is 59.6 Å². The molecule has 7 nitrogen and oxygen atoms in total. The lowest BCUT2D eigenvalue weighted by atomic mass is 10.0. The first-order valence-electron chi connectivity index (χ1n) is 10.5. The number of hydrogen-bond donors (Lipinski definition) is 2. The van der Waals surface area contributed by atoms with E-state index >= 15 is 0 Å². The van der Waals surface area contributed by atoms with E-state index in [0.717, 1.165) is 50.3 Å². The smallest absolute Gasteiger partial charge is 0.191 e. The molecule has 7 heteroatoms. The minimum absolute atomic E-state index is 0.0670. The molecular weight excluding hydrogens is 380 g/mol.